The number of carbonyl (C=O) groups excluding carboxylic acids is 3. The number of amides is 3. The zero-order chi connectivity index (χ0) is 22.8. The van der Waals surface area contributed by atoms with Gasteiger partial charge in [0.15, 0.2) is 11.5 Å². The van der Waals surface area contributed by atoms with Gasteiger partial charge in [-0.2, -0.15) is 0 Å². The molecule has 0 radical (unpaired) electrons. The lowest BCUT2D eigenvalue weighted by Crippen LogP contribution is -2.58. The van der Waals surface area contributed by atoms with Crippen LogP contribution in [0.4, 0.5) is 26.1 Å². The van der Waals surface area contributed by atoms with Crippen LogP contribution in [0.15, 0.2) is 24.5 Å². The largest absolute Gasteiger partial charge is 0.368 e. The molecule has 3 rings (SSSR count). The minimum absolute atomic E-state index is 0.00933. The van der Waals surface area contributed by atoms with E-state index < -0.39 is 42.8 Å². The fraction of sp³-hybridized carbons (Fsp3) is 0.333. The van der Waals surface area contributed by atoms with E-state index in [-0.39, 0.29) is 23.0 Å². The molecular weight excluding hydrogens is 414 g/mol. The van der Waals surface area contributed by atoms with Gasteiger partial charge in [-0.3, -0.25) is 14.4 Å². The summed E-state index contributed by atoms with van der Waals surface area (Å²) in [7, 11) is 0. The van der Waals surface area contributed by atoms with Gasteiger partial charge in [0.1, 0.15) is 17.6 Å². The number of nitrogens with zero attached hydrogens (tertiary/aromatic N) is 4. The highest BCUT2D eigenvalue weighted by Crippen LogP contribution is 2.28. The highest BCUT2D eigenvalue weighted by molar-refractivity contribution is 5.96. The van der Waals surface area contributed by atoms with Crippen molar-refractivity contribution in [2.24, 2.45) is 11.5 Å². The van der Waals surface area contributed by atoms with Crippen molar-refractivity contribution in [3.8, 4) is 0 Å². The SMILES string of the molecule is CCC(Nc1cnc(C(N)=O)c(Nc2ccc(C(=O)N3CC(F)(F)C3)nc2)n1)C(N)=O. The first-order chi connectivity index (χ1) is 14.6. The van der Waals surface area contributed by atoms with Gasteiger partial charge in [-0.25, -0.2) is 23.7 Å². The van der Waals surface area contributed by atoms with Crippen LogP contribution in [0.25, 0.3) is 0 Å². The molecule has 3 heterocycles. The van der Waals surface area contributed by atoms with E-state index in [9.17, 15) is 23.2 Å². The molecule has 0 spiro atoms. The van der Waals surface area contributed by atoms with Gasteiger partial charge in [-0.1, -0.05) is 6.92 Å². The van der Waals surface area contributed by atoms with E-state index in [1.807, 2.05) is 0 Å². The van der Waals surface area contributed by atoms with Crippen LogP contribution >= 0.6 is 0 Å². The fourth-order valence-electron chi connectivity index (χ4n) is 2.83. The molecule has 1 fully saturated rings. The number of primary amides is 2. The molecule has 0 aliphatic carbocycles. The summed E-state index contributed by atoms with van der Waals surface area (Å²) in [6.45, 7) is 0.465. The maximum atomic E-state index is 12.9. The lowest BCUT2D eigenvalue weighted by atomic mass is 10.1. The van der Waals surface area contributed by atoms with E-state index in [0.29, 0.717) is 12.1 Å². The third kappa shape index (κ3) is 4.99. The summed E-state index contributed by atoms with van der Waals surface area (Å²) < 4.78 is 25.9. The van der Waals surface area contributed by atoms with Crippen molar-refractivity contribution >= 4 is 35.0 Å². The normalized spacial score (nSPS) is 15.5. The Morgan fingerprint density at radius 3 is 2.42 bits per heavy atom. The van der Waals surface area contributed by atoms with E-state index in [1.165, 1.54) is 24.5 Å². The van der Waals surface area contributed by atoms with Gasteiger partial charge in [0.2, 0.25) is 5.91 Å². The molecule has 1 aliphatic rings. The summed E-state index contributed by atoms with van der Waals surface area (Å²) in [5.41, 5.74) is 10.8. The fourth-order valence-corrected chi connectivity index (χ4v) is 2.83. The molecule has 0 saturated carbocycles. The highest BCUT2D eigenvalue weighted by Gasteiger charge is 2.46. The molecule has 164 valence electrons. The third-order valence-corrected chi connectivity index (χ3v) is 4.46. The molecule has 11 nitrogen and oxygen atoms in total. The summed E-state index contributed by atoms with van der Waals surface area (Å²) in [6.07, 6.45) is 2.91. The van der Waals surface area contributed by atoms with Crippen molar-refractivity contribution < 1.29 is 23.2 Å². The predicted octanol–water partition coefficient (Wildman–Crippen LogP) is 0.481. The standard InChI is InChI=1S/C18H20F2N8O3/c1-2-10(14(21)29)26-12-6-24-13(15(22)30)16(27-12)25-9-3-4-11(23-5-9)17(31)28-7-18(19,20)8-28/h3-6,10H,2,7-8H2,1H3,(H2,21,29)(H2,22,30)(H2,25,26,27). The van der Waals surface area contributed by atoms with Crippen molar-refractivity contribution in [3.05, 3.63) is 35.9 Å². The number of nitrogens with two attached hydrogens (primary N) is 2. The van der Waals surface area contributed by atoms with Crippen LogP contribution in [0.5, 0.6) is 0 Å². The Balaban J connectivity index is 1.77. The van der Waals surface area contributed by atoms with Crippen LogP contribution in [0.3, 0.4) is 0 Å². The zero-order valence-electron chi connectivity index (χ0n) is 16.4. The number of anilines is 3. The molecule has 0 bridgehead atoms. The topological polar surface area (TPSA) is 169 Å². The molecule has 13 heteroatoms. The first kappa shape index (κ1) is 21.8. The number of hydrogen-bond acceptors (Lipinski definition) is 8. The molecule has 0 aromatic carbocycles. The van der Waals surface area contributed by atoms with E-state index in [1.54, 1.807) is 6.92 Å². The van der Waals surface area contributed by atoms with E-state index in [2.05, 4.69) is 25.6 Å². The van der Waals surface area contributed by atoms with Gasteiger partial charge >= 0.3 is 0 Å². The van der Waals surface area contributed by atoms with Gasteiger partial charge in [0, 0.05) is 0 Å². The first-order valence-electron chi connectivity index (χ1n) is 9.22. The van der Waals surface area contributed by atoms with Crippen LogP contribution < -0.4 is 22.1 Å². The van der Waals surface area contributed by atoms with Crippen LogP contribution in [-0.4, -0.2) is 62.6 Å². The van der Waals surface area contributed by atoms with Gasteiger partial charge in [0.05, 0.1) is 31.2 Å². The van der Waals surface area contributed by atoms with E-state index in [0.717, 1.165) is 4.90 Å². The number of aromatic nitrogens is 3. The Kier molecular flexibility index (Phi) is 5.95. The zero-order valence-corrected chi connectivity index (χ0v) is 16.4. The Bertz CT molecular complexity index is 1010. The second-order valence-corrected chi connectivity index (χ2v) is 6.90. The molecule has 6 N–H and O–H groups in total. The maximum Gasteiger partial charge on any atom is 0.282 e. The van der Waals surface area contributed by atoms with Crippen molar-refractivity contribution in [1.29, 1.82) is 0 Å². The lowest BCUT2D eigenvalue weighted by Gasteiger charge is -2.38. The Morgan fingerprint density at radius 1 is 1.19 bits per heavy atom. The predicted molar refractivity (Wildman–Crippen MR) is 106 cm³/mol. The van der Waals surface area contributed by atoms with Gasteiger partial charge in [-0.15, -0.1) is 0 Å². The number of likely N-dealkylation sites (tertiary alicyclic amines) is 1. The van der Waals surface area contributed by atoms with Crippen molar-refractivity contribution in [2.45, 2.75) is 25.3 Å². The summed E-state index contributed by atoms with van der Waals surface area (Å²) >= 11 is 0. The molecule has 2 aromatic rings. The molecular formula is C18H20F2N8O3. The van der Waals surface area contributed by atoms with Crippen LogP contribution in [0, 0.1) is 0 Å². The van der Waals surface area contributed by atoms with Crippen LogP contribution in [-0.2, 0) is 4.79 Å². The Hall–Kier alpha value is -3.90. The first-order valence-corrected chi connectivity index (χ1v) is 9.22. The minimum atomic E-state index is -2.87. The number of carbonyl (C=O) groups is 3. The average Bonchev–Trinajstić information content (AvgIpc) is 2.70. The van der Waals surface area contributed by atoms with Crippen molar-refractivity contribution in [2.75, 3.05) is 23.7 Å². The lowest BCUT2D eigenvalue weighted by molar-refractivity contribution is -0.118. The van der Waals surface area contributed by atoms with Crippen LogP contribution in [0.2, 0.25) is 0 Å². The molecule has 1 aliphatic heterocycles. The molecule has 1 atom stereocenters. The Morgan fingerprint density at radius 2 is 1.90 bits per heavy atom. The van der Waals surface area contributed by atoms with Crippen LogP contribution in [0.1, 0.15) is 34.3 Å². The minimum Gasteiger partial charge on any atom is -0.368 e. The summed E-state index contributed by atoms with van der Waals surface area (Å²) in [5.74, 6) is -4.75. The van der Waals surface area contributed by atoms with E-state index >= 15 is 0 Å². The molecule has 31 heavy (non-hydrogen) atoms. The number of hydrogen-bond donors (Lipinski definition) is 4. The van der Waals surface area contributed by atoms with E-state index in [4.69, 9.17) is 11.5 Å². The number of nitrogens with one attached hydrogen (secondary N) is 2. The van der Waals surface area contributed by atoms with Gasteiger partial charge in [-0.05, 0) is 18.6 Å². The number of rotatable bonds is 8. The number of alkyl halides is 2. The van der Waals surface area contributed by atoms with Crippen molar-refractivity contribution in [3.63, 3.8) is 0 Å². The Labute approximate surface area is 175 Å². The quantitative estimate of drug-likeness (QED) is 0.465. The molecule has 3 amide bonds. The summed E-state index contributed by atoms with van der Waals surface area (Å²) in [4.78, 5) is 48.4. The maximum absolute atomic E-state index is 12.9. The monoisotopic (exact) mass is 434 g/mol. The van der Waals surface area contributed by atoms with Gasteiger partial charge in [0.25, 0.3) is 17.7 Å². The van der Waals surface area contributed by atoms with Gasteiger partial charge < -0.3 is 27.0 Å². The molecule has 1 unspecified atom stereocenters. The average molecular weight is 434 g/mol. The molecule has 2 aromatic heterocycles. The summed E-state index contributed by atoms with van der Waals surface area (Å²) in [5, 5.41) is 5.62. The number of pyridine rings is 1. The summed E-state index contributed by atoms with van der Waals surface area (Å²) in [6, 6.07) is 2.12. The highest BCUT2D eigenvalue weighted by atomic mass is 19.3. The second kappa shape index (κ2) is 8.45. The smallest absolute Gasteiger partial charge is 0.282 e. The van der Waals surface area contributed by atoms with Crippen molar-refractivity contribution in [1.82, 2.24) is 19.9 Å². The molecule has 1 saturated heterocycles. The third-order valence-electron chi connectivity index (χ3n) is 4.46. The number of halogens is 2. The second-order valence-electron chi connectivity index (χ2n) is 6.90.